The third kappa shape index (κ3) is 8.55. The zero-order chi connectivity index (χ0) is 32.6. The highest BCUT2D eigenvalue weighted by molar-refractivity contribution is 8.26. The van der Waals surface area contributed by atoms with E-state index in [4.69, 9.17) is 26.8 Å². The Balaban J connectivity index is 1.25. The van der Waals surface area contributed by atoms with Crippen molar-refractivity contribution in [2.24, 2.45) is 0 Å². The van der Waals surface area contributed by atoms with E-state index in [9.17, 15) is 23.2 Å². The number of hydrogen-bond acceptors (Lipinski definition) is 8. The predicted octanol–water partition coefficient (Wildman–Crippen LogP) is 4.95. The number of hydrogen-bond donors (Lipinski definition) is 2. The van der Waals surface area contributed by atoms with Gasteiger partial charge < -0.3 is 19.9 Å². The first kappa shape index (κ1) is 33.2. The van der Waals surface area contributed by atoms with Gasteiger partial charge in [0.15, 0.2) is 11.6 Å². The summed E-state index contributed by atoms with van der Waals surface area (Å²) in [6.07, 6.45) is 1.66. The van der Waals surface area contributed by atoms with Crippen LogP contribution in [0.15, 0.2) is 65.6 Å². The maximum absolute atomic E-state index is 14.2. The Morgan fingerprint density at radius 3 is 2.61 bits per heavy atom. The smallest absolute Gasteiger partial charge is 0.335 e. The van der Waals surface area contributed by atoms with Crippen LogP contribution in [0.4, 0.5) is 8.78 Å². The molecule has 2 aliphatic rings. The number of nitrogens with zero attached hydrogens (tertiary/aromatic N) is 2. The fraction of sp³-hybridized carbons (Fsp3) is 0.273. The number of carbonyl (C=O) groups is 3. The Hall–Kier alpha value is -4.17. The first-order valence-electron chi connectivity index (χ1n) is 14.5. The van der Waals surface area contributed by atoms with Crippen LogP contribution in [0.3, 0.4) is 0 Å². The van der Waals surface area contributed by atoms with Gasteiger partial charge in [-0.05, 0) is 59.2 Å². The molecule has 5 rings (SSSR count). The molecule has 0 aliphatic carbocycles. The van der Waals surface area contributed by atoms with Crippen LogP contribution in [-0.2, 0) is 20.9 Å². The lowest BCUT2D eigenvalue weighted by Gasteiger charge is -2.26. The second kappa shape index (κ2) is 15.4. The van der Waals surface area contributed by atoms with Gasteiger partial charge in [-0.3, -0.25) is 19.4 Å². The topological polar surface area (TPSA) is 108 Å². The van der Waals surface area contributed by atoms with E-state index in [1.165, 1.54) is 23.1 Å². The molecule has 0 unspecified atom stereocenters. The molecule has 2 fully saturated rings. The van der Waals surface area contributed by atoms with Gasteiger partial charge in [0.1, 0.15) is 16.7 Å². The monoisotopic (exact) mass is 667 g/mol. The van der Waals surface area contributed by atoms with Crippen LogP contribution in [0.25, 0.3) is 17.2 Å². The number of rotatable bonds is 12. The number of carboxylic acids is 1. The van der Waals surface area contributed by atoms with Crippen LogP contribution in [0.1, 0.15) is 27.9 Å². The molecule has 2 amide bonds. The summed E-state index contributed by atoms with van der Waals surface area (Å²) < 4.78 is 39.7. The number of carbonyl (C=O) groups excluding carboxylic acids is 2. The minimum atomic E-state index is -1.06. The van der Waals surface area contributed by atoms with Crippen LogP contribution in [-0.4, -0.2) is 83.0 Å². The Kier molecular flexibility index (Phi) is 11.1. The molecule has 9 nitrogen and oxygen atoms in total. The molecule has 0 saturated carbocycles. The predicted molar refractivity (Wildman–Crippen MR) is 174 cm³/mol. The van der Waals surface area contributed by atoms with Gasteiger partial charge in [-0.25, -0.2) is 13.6 Å². The van der Waals surface area contributed by atoms with Crippen molar-refractivity contribution in [2.75, 3.05) is 46.0 Å². The van der Waals surface area contributed by atoms with Gasteiger partial charge in [0.25, 0.3) is 5.91 Å². The van der Waals surface area contributed by atoms with E-state index in [2.05, 4.69) is 10.2 Å². The largest absolute Gasteiger partial charge is 0.492 e. The molecule has 2 saturated heterocycles. The van der Waals surface area contributed by atoms with E-state index in [0.29, 0.717) is 63.6 Å². The van der Waals surface area contributed by atoms with Crippen LogP contribution in [0.2, 0.25) is 0 Å². The van der Waals surface area contributed by atoms with E-state index >= 15 is 0 Å². The number of halogens is 2. The van der Waals surface area contributed by atoms with Crippen molar-refractivity contribution < 1.29 is 37.7 Å². The molecule has 0 radical (unpaired) electrons. The zero-order valence-corrected chi connectivity index (χ0v) is 26.3. The van der Waals surface area contributed by atoms with E-state index in [-0.39, 0.29) is 36.9 Å². The van der Waals surface area contributed by atoms with Crippen molar-refractivity contribution in [3.8, 4) is 16.9 Å². The molecule has 0 aromatic heterocycles. The molecule has 2 heterocycles. The highest BCUT2D eigenvalue weighted by Gasteiger charge is 2.32. The quantitative estimate of drug-likeness (QED) is 0.205. The van der Waals surface area contributed by atoms with Crippen molar-refractivity contribution in [3.05, 3.63) is 93.9 Å². The molecule has 13 heteroatoms. The highest BCUT2D eigenvalue weighted by atomic mass is 32.2. The van der Waals surface area contributed by atoms with Crippen LogP contribution >= 0.6 is 24.0 Å². The Morgan fingerprint density at radius 2 is 1.85 bits per heavy atom. The number of thiocarbonyl (C=S) groups is 1. The summed E-state index contributed by atoms with van der Waals surface area (Å²) in [7, 11) is 0. The fourth-order valence-corrected chi connectivity index (χ4v) is 6.23. The van der Waals surface area contributed by atoms with Crippen molar-refractivity contribution >= 4 is 52.2 Å². The average Bonchev–Trinajstić information content (AvgIpc) is 3.32. The summed E-state index contributed by atoms with van der Waals surface area (Å²) in [5, 5.41) is 11.9. The lowest BCUT2D eigenvalue weighted by atomic mass is 10.0. The summed E-state index contributed by atoms with van der Waals surface area (Å²) in [5.41, 5.74) is 2.35. The zero-order valence-electron chi connectivity index (χ0n) is 24.7. The molecule has 240 valence electrons. The van der Waals surface area contributed by atoms with Gasteiger partial charge in [0, 0.05) is 44.7 Å². The molecule has 46 heavy (non-hydrogen) atoms. The van der Waals surface area contributed by atoms with Crippen LogP contribution in [0, 0.1) is 11.6 Å². The van der Waals surface area contributed by atoms with E-state index in [1.54, 1.807) is 36.4 Å². The number of ether oxygens (including phenoxy) is 2. The molecular weight excluding hydrogens is 637 g/mol. The molecule has 2 aliphatic heterocycles. The van der Waals surface area contributed by atoms with Gasteiger partial charge in [-0.2, -0.15) is 0 Å². The molecular formula is C33H31F2N3O6S2. The van der Waals surface area contributed by atoms with Gasteiger partial charge in [-0.1, -0.05) is 48.2 Å². The van der Waals surface area contributed by atoms with Crippen LogP contribution in [0.5, 0.6) is 5.75 Å². The first-order chi connectivity index (χ1) is 22.2. The summed E-state index contributed by atoms with van der Waals surface area (Å²) in [5.74, 6) is -3.18. The SMILES string of the molecule is O=C(CCN1C(=O)/C(=C/c2ccc(OCCN3CCOCC3)c(-c3ccc(F)c(F)c3)c2)SC1=S)NCc1cccc(C(=O)O)c1. The van der Waals surface area contributed by atoms with E-state index < -0.39 is 17.6 Å². The maximum atomic E-state index is 14.2. The summed E-state index contributed by atoms with van der Waals surface area (Å²) in [6, 6.07) is 15.2. The third-order valence-corrected chi connectivity index (χ3v) is 8.78. The first-order valence-corrected chi connectivity index (χ1v) is 15.8. The highest BCUT2D eigenvalue weighted by Crippen LogP contribution is 2.36. The average molecular weight is 668 g/mol. The Morgan fingerprint density at radius 1 is 1.04 bits per heavy atom. The molecule has 2 N–H and O–H groups in total. The Bertz CT molecular complexity index is 1680. The second-order valence-corrected chi connectivity index (χ2v) is 12.2. The molecule has 0 bridgehead atoms. The second-order valence-electron chi connectivity index (χ2n) is 10.6. The number of carboxylic acid groups (broad SMARTS) is 1. The molecule has 3 aromatic carbocycles. The fourth-order valence-electron chi connectivity index (χ4n) is 4.92. The summed E-state index contributed by atoms with van der Waals surface area (Å²) in [6.45, 7) is 4.23. The lowest BCUT2D eigenvalue weighted by molar-refractivity contribution is -0.123. The number of benzene rings is 3. The van der Waals surface area contributed by atoms with Crippen molar-refractivity contribution in [1.82, 2.24) is 15.1 Å². The normalized spacial score (nSPS) is 16.2. The maximum Gasteiger partial charge on any atom is 0.335 e. The number of aromatic carboxylic acids is 1. The molecule has 3 aromatic rings. The van der Waals surface area contributed by atoms with Crippen molar-refractivity contribution in [2.45, 2.75) is 13.0 Å². The standard InChI is InChI=1S/C33H31F2N3O6S2/c34-26-6-5-23(19-27(26)35)25-17-21(4-7-28(25)44-15-12-37-10-13-43-14-11-37)18-29-31(40)38(33(45)46-29)9-8-30(39)36-20-22-2-1-3-24(16-22)32(41)42/h1-7,16-19H,8-15,20H2,(H,36,39)(H,41,42)/b29-18-. The number of amides is 2. The van der Waals surface area contributed by atoms with Crippen molar-refractivity contribution in [3.63, 3.8) is 0 Å². The summed E-state index contributed by atoms with van der Waals surface area (Å²) >= 11 is 6.53. The lowest BCUT2D eigenvalue weighted by Crippen LogP contribution is -2.38. The number of thioether (sulfide) groups is 1. The minimum absolute atomic E-state index is 0.00485. The van der Waals surface area contributed by atoms with E-state index in [1.807, 2.05) is 0 Å². The Labute approximate surface area is 274 Å². The van der Waals surface area contributed by atoms with Gasteiger partial charge >= 0.3 is 5.97 Å². The summed E-state index contributed by atoms with van der Waals surface area (Å²) in [4.78, 5) is 40.8. The minimum Gasteiger partial charge on any atom is -0.492 e. The number of nitrogens with one attached hydrogen (secondary N) is 1. The van der Waals surface area contributed by atoms with Gasteiger partial charge in [-0.15, -0.1) is 0 Å². The van der Waals surface area contributed by atoms with E-state index in [0.717, 1.165) is 37.0 Å². The third-order valence-electron chi connectivity index (χ3n) is 7.40. The number of morpholine rings is 1. The van der Waals surface area contributed by atoms with Gasteiger partial charge in [0.05, 0.1) is 23.7 Å². The van der Waals surface area contributed by atoms with Crippen molar-refractivity contribution in [1.29, 1.82) is 0 Å². The van der Waals surface area contributed by atoms with Crippen LogP contribution < -0.4 is 10.1 Å². The molecule has 0 atom stereocenters. The molecule has 0 spiro atoms. The van der Waals surface area contributed by atoms with Gasteiger partial charge in [0.2, 0.25) is 5.91 Å².